The van der Waals surface area contributed by atoms with Crippen LogP contribution >= 0.6 is 23.4 Å². The summed E-state index contributed by atoms with van der Waals surface area (Å²) < 4.78 is 0. The smallest absolute Gasteiger partial charge is 0.234 e. The maximum absolute atomic E-state index is 12.4. The van der Waals surface area contributed by atoms with Gasteiger partial charge in [0.2, 0.25) is 5.91 Å². The Hall–Kier alpha value is -2.15. The topological polar surface area (TPSA) is 58.1 Å². The van der Waals surface area contributed by atoms with Crippen molar-refractivity contribution in [1.29, 1.82) is 0 Å². The average Bonchev–Trinajstić information content (AvgIpc) is 2.61. The standard InChI is InChI=1S/C20H21ClN4OS/c1-13-8-9-17(15(21)10-13)23-19(26)12-27-20-14-6-4-5-7-16(14)22-18(24-20)11-25(2)3/h4-10H,11-12H2,1-3H3,(H,23,26). The summed E-state index contributed by atoms with van der Waals surface area (Å²) in [4.78, 5) is 23.7. The van der Waals surface area contributed by atoms with E-state index < -0.39 is 0 Å². The maximum Gasteiger partial charge on any atom is 0.234 e. The number of anilines is 1. The Morgan fingerprint density at radius 1 is 1.19 bits per heavy atom. The molecule has 5 nitrogen and oxygen atoms in total. The molecule has 1 aromatic heterocycles. The molecule has 140 valence electrons. The molecule has 27 heavy (non-hydrogen) atoms. The molecule has 1 N–H and O–H groups in total. The molecule has 3 rings (SSSR count). The van der Waals surface area contributed by atoms with E-state index in [1.54, 1.807) is 0 Å². The molecule has 0 aliphatic heterocycles. The van der Waals surface area contributed by atoms with Gasteiger partial charge in [0.05, 0.1) is 28.5 Å². The summed E-state index contributed by atoms with van der Waals surface area (Å²) >= 11 is 7.59. The third-order valence-corrected chi connectivity index (χ3v) is 5.11. The number of halogens is 1. The van der Waals surface area contributed by atoms with Gasteiger partial charge in [-0.15, -0.1) is 0 Å². The number of amides is 1. The Bertz CT molecular complexity index is 977. The van der Waals surface area contributed by atoms with E-state index in [2.05, 4.69) is 15.3 Å². The van der Waals surface area contributed by atoms with Crippen molar-refractivity contribution in [1.82, 2.24) is 14.9 Å². The van der Waals surface area contributed by atoms with Gasteiger partial charge in [-0.3, -0.25) is 4.79 Å². The summed E-state index contributed by atoms with van der Waals surface area (Å²) in [5, 5.41) is 5.15. The second-order valence-corrected chi connectivity index (χ2v) is 7.89. The van der Waals surface area contributed by atoms with Crippen LogP contribution < -0.4 is 5.32 Å². The van der Waals surface area contributed by atoms with Crippen LogP contribution in [0, 0.1) is 6.92 Å². The van der Waals surface area contributed by atoms with Gasteiger partial charge in [0, 0.05) is 5.39 Å². The molecule has 0 saturated heterocycles. The highest BCUT2D eigenvalue weighted by atomic mass is 35.5. The van der Waals surface area contributed by atoms with Gasteiger partial charge in [-0.05, 0) is 44.8 Å². The summed E-state index contributed by atoms with van der Waals surface area (Å²) in [6, 6.07) is 13.4. The van der Waals surface area contributed by atoms with Crippen LogP contribution in [0.5, 0.6) is 0 Å². The van der Waals surface area contributed by atoms with Gasteiger partial charge >= 0.3 is 0 Å². The first-order valence-corrected chi connectivity index (χ1v) is 9.88. The van der Waals surface area contributed by atoms with Crippen molar-refractivity contribution >= 4 is 45.9 Å². The van der Waals surface area contributed by atoms with Crippen LogP contribution in [-0.4, -0.2) is 40.6 Å². The molecule has 7 heteroatoms. The SMILES string of the molecule is Cc1ccc(NC(=O)CSc2nc(CN(C)C)nc3ccccc23)c(Cl)c1. The van der Waals surface area contributed by atoms with Gasteiger partial charge in [-0.25, -0.2) is 9.97 Å². The van der Waals surface area contributed by atoms with Gasteiger partial charge in [0.15, 0.2) is 0 Å². The molecule has 0 fully saturated rings. The van der Waals surface area contributed by atoms with Crippen molar-refractivity contribution in [2.45, 2.75) is 18.5 Å². The lowest BCUT2D eigenvalue weighted by molar-refractivity contribution is -0.113. The van der Waals surface area contributed by atoms with Crippen LogP contribution in [0.3, 0.4) is 0 Å². The third-order valence-electron chi connectivity index (χ3n) is 3.81. The Kier molecular flexibility index (Phi) is 6.31. The van der Waals surface area contributed by atoms with E-state index >= 15 is 0 Å². The van der Waals surface area contributed by atoms with Crippen LogP contribution in [0.4, 0.5) is 5.69 Å². The Labute approximate surface area is 168 Å². The second-order valence-electron chi connectivity index (χ2n) is 6.52. The molecule has 1 amide bonds. The van der Waals surface area contributed by atoms with Crippen LogP contribution in [0.2, 0.25) is 5.02 Å². The maximum atomic E-state index is 12.4. The molecule has 0 aliphatic rings. The lowest BCUT2D eigenvalue weighted by Gasteiger charge is -2.12. The van der Waals surface area contributed by atoms with Gasteiger partial charge in [-0.2, -0.15) is 0 Å². The third kappa shape index (κ3) is 5.19. The largest absolute Gasteiger partial charge is 0.324 e. The number of benzene rings is 2. The molecular formula is C20H21ClN4OS. The number of aromatic nitrogens is 2. The van der Waals surface area contributed by atoms with Crippen LogP contribution in [0.15, 0.2) is 47.5 Å². The molecule has 0 radical (unpaired) electrons. The van der Waals surface area contributed by atoms with Crippen molar-refractivity contribution in [2.24, 2.45) is 0 Å². The Morgan fingerprint density at radius 3 is 2.70 bits per heavy atom. The molecule has 2 aromatic carbocycles. The second kappa shape index (κ2) is 8.69. The van der Waals surface area contributed by atoms with Crippen LogP contribution in [0.25, 0.3) is 10.9 Å². The fraction of sp³-hybridized carbons (Fsp3) is 0.250. The molecule has 0 aliphatic carbocycles. The molecule has 0 bridgehead atoms. The number of carbonyl (C=O) groups is 1. The fourth-order valence-electron chi connectivity index (χ4n) is 2.60. The van der Waals surface area contributed by atoms with Crippen LogP contribution in [-0.2, 0) is 11.3 Å². The first-order chi connectivity index (χ1) is 12.9. The van der Waals surface area contributed by atoms with E-state index in [4.69, 9.17) is 11.6 Å². The molecule has 1 heterocycles. The predicted molar refractivity (Wildman–Crippen MR) is 112 cm³/mol. The summed E-state index contributed by atoms with van der Waals surface area (Å²) in [5.74, 6) is 0.859. The first-order valence-electron chi connectivity index (χ1n) is 8.51. The highest BCUT2D eigenvalue weighted by Gasteiger charge is 2.12. The fourth-order valence-corrected chi connectivity index (χ4v) is 3.72. The minimum absolute atomic E-state index is 0.123. The minimum atomic E-state index is -0.123. The zero-order chi connectivity index (χ0) is 19.4. The number of fused-ring (bicyclic) bond motifs is 1. The Morgan fingerprint density at radius 2 is 1.96 bits per heavy atom. The number of aryl methyl sites for hydroxylation is 1. The van der Waals surface area contributed by atoms with E-state index in [0.29, 0.717) is 17.3 Å². The van der Waals surface area contributed by atoms with Gasteiger partial charge in [0.25, 0.3) is 0 Å². The molecule has 0 unspecified atom stereocenters. The quantitative estimate of drug-likeness (QED) is 0.491. The zero-order valence-corrected chi connectivity index (χ0v) is 17.1. The Balaban J connectivity index is 1.76. The lowest BCUT2D eigenvalue weighted by atomic mass is 10.2. The summed E-state index contributed by atoms with van der Waals surface area (Å²) in [5.41, 5.74) is 2.55. The minimum Gasteiger partial charge on any atom is -0.324 e. The number of nitrogens with one attached hydrogen (secondary N) is 1. The molecule has 3 aromatic rings. The number of carbonyl (C=O) groups excluding carboxylic acids is 1. The molecule has 0 saturated carbocycles. The van der Waals surface area contributed by atoms with Gasteiger partial charge in [-0.1, -0.05) is 47.6 Å². The van der Waals surface area contributed by atoms with E-state index in [1.807, 2.05) is 68.4 Å². The van der Waals surface area contributed by atoms with Gasteiger partial charge < -0.3 is 10.2 Å². The summed E-state index contributed by atoms with van der Waals surface area (Å²) in [6.07, 6.45) is 0. The normalized spacial score (nSPS) is 11.1. The molecule has 0 spiro atoms. The van der Waals surface area contributed by atoms with E-state index in [1.165, 1.54) is 11.8 Å². The predicted octanol–water partition coefficient (Wildman–Crippen LogP) is 4.38. The van der Waals surface area contributed by atoms with Crippen molar-refractivity contribution in [3.63, 3.8) is 0 Å². The number of rotatable bonds is 6. The van der Waals surface area contributed by atoms with Crippen molar-refractivity contribution in [2.75, 3.05) is 25.2 Å². The average molecular weight is 401 g/mol. The van der Waals surface area contributed by atoms with Crippen molar-refractivity contribution < 1.29 is 4.79 Å². The highest BCUT2D eigenvalue weighted by molar-refractivity contribution is 8.00. The van der Waals surface area contributed by atoms with Crippen molar-refractivity contribution in [3.05, 3.63) is 58.9 Å². The monoisotopic (exact) mass is 400 g/mol. The first kappa shape index (κ1) is 19.6. The summed E-state index contributed by atoms with van der Waals surface area (Å²) in [6.45, 7) is 2.60. The van der Waals surface area contributed by atoms with E-state index in [0.717, 1.165) is 27.3 Å². The van der Waals surface area contributed by atoms with Crippen LogP contribution in [0.1, 0.15) is 11.4 Å². The molecular weight excluding hydrogens is 380 g/mol. The molecule has 0 atom stereocenters. The number of thioether (sulfide) groups is 1. The zero-order valence-electron chi connectivity index (χ0n) is 15.5. The number of nitrogens with zero attached hydrogens (tertiary/aromatic N) is 3. The van der Waals surface area contributed by atoms with Crippen molar-refractivity contribution in [3.8, 4) is 0 Å². The van der Waals surface area contributed by atoms with E-state index in [-0.39, 0.29) is 11.7 Å². The van der Waals surface area contributed by atoms with Gasteiger partial charge in [0.1, 0.15) is 10.9 Å². The highest BCUT2D eigenvalue weighted by Crippen LogP contribution is 2.27. The van der Waals surface area contributed by atoms with E-state index in [9.17, 15) is 4.79 Å². The number of para-hydroxylation sites is 1. The number of hydrogen-bond donors (Lipinski definition) is 1. The lowest BCUT2D eigenvalue weighted by Crippen LogP contribution is -2.15. The number of hydrogen-bond acceptors (Lipinski definition) is 5. The summed E-state index contributed by atoms with van der Waals surface area (Å²) in [7, 11) is 3.95.